The summed E-state index contributed by atoms with van der Waals surface area (Å²) in [5.41, 5.74) is 6.43. The van der Waals surface area contributed by atoms with Crippen LogP contribution in [0.2, 0.25) is 0 Å². The van der Waals surface area contributed by atoms with Crippen molar-refractivity contribution in [2.45, 2.75) is 65.2 Å². The zero-order valence-electron chi connectivity index (χ0n) is 18.5. The largest absolute Gasteiger partial charge is 0.395 e. The minimum Gasteiger partial charge on any atom is -0.395 e. The summed E-state index contributed by atoms with van der Waals surface area (Å²) >= 11 is 0. The third-order valence-electron chi connectivity index (χ3n) is 5.71. The molecule has 0 unspecified atom stereocenters. The highest BCUT2D eigenvalue weighted by molar-refractivity contribution is 6.01. The molecule has 32 heavy (non-hydrogen) atoms. The van der Waals surface area contributed by atoms with Crippen LogP contribution < -0.4 is 0 Å². The molecule has 8 heteroatoms. The number of nitrogens with zero attached hydrogens (tertiary/aromatic N) is 4. The normalized spacial score (nSPS) is 18.0. The molecule has 0 aromatic carbocycles. The van der Waals surface area contributed by atoms with Crippen molar-refractivity contribution in [3.8, 4) is 0 Å². The fourth-order valence-electron chi connectivity index (χ4n) is 4.19. The number of pyridine rings is 2. The number of hydrogen-bond donors (Lipinski definition) is 0. The predicted octanol–water partition coefficient (Wildman–Crippen LogP) is 5.24. The maximum atomic E-state index is 13.4. The Morgan fingerprint density at radius 2 is 1.53 bits per heavy atom. The predicted molar refractivity (Wildman–Crippen MR) is 118 cm³/mol. The van der Waals surface area contributed by atoms with Gasteiger partial charge in [-0.1, -0.05) is 16.4 Å². The third kappa shape index (κ3) is 5.11. The van der Waals surface area contributed by atoms with Gasteiger partial charge in [-0.25, -0.2) is 8.78 Å². The van der Waals surface area contributed by atoms with E-state index in [1.807, 2.05) is 13.0 Å². The molecule has 0 N–H and O–H groups in total. The second-order valence-electron chi connectivity index (χ2n) is 8.24. The molecule has 4 rings (SSSR count). The van der Waals surface area contributed by atoms with Crippen molar-refractivity contribution >= 4 is 11.4 Å². The Hall–Kier alpha value is -2.90. The second-order valence-corrected chi connectivity index (χ2v) is 8.24. The van der Waals surface area contributed by atoms with E-state index >= 15 is 0 Å². The Kier molecular flexibility index (Phi) is 7.07. The number of rotatable bonds is 7. The smallest absolute Gasteiger partial charge is 0.264 e. The van der Waals surface area contributed by atoms with Crippen molar-refractivity contribution in [1.29, 1.82) is 0 Å². The number of aryl methyl sites for hydroxylation is 3. The van der Waals surface area contributed by atoms with E-state index in [2.05, 4.69) is 26.3 Å². The van der Waals surface area contributed by atoms with Crippen LogP contribution in [0.25, 0.3) is 0 Å². The molecule has 0 aliphatic heterocycles. The lowest BCUT2D eigenvalue weighted by atomic mass is 9.90. The van der Waals surface area contributed by atoms with Gasteiger partial charge in [0.2, 0.25) is 0 Å². The number of alkyl halides is 2. The summed E-state index contributed by atoms with van der Waals surface area (Å²) in [5, 5.41) is 8.50. The highest BCUT2D eigenvalue weighted by Crippen LogP contribution is 2.31. The summed E-state index contributed by atoms with van der Waals surface area (Å²) in [4.78, 5) is 20.0. The summed E-state index contributed by atoms with van der Waals surface area (Å²) in [6, 6.07) is 5.61. The first-order valence-electron chi connectivity index (χ1n) is 11.2. The van der Waals surface area contributed by atoms with Crippen molar-refractivity contribution in [2.75, 3.05) is 13.2 Å². The molecular weight excluding hydrogens is 414 g/mol. The van der Waals surface area contributed by atoms with E-state index in [9.17, 15) is 8.78 Å². The van der Waals surface area contributed by atoms with Gasteiger partial charge in [-0.3, -0.25) is 9.97 Å². The van der Waals surface area contributed by atoms with Crippen LogP contribution in [-0.2, 0) is 22.5 Å². The van der Waals surface area contributed by atoms with Crippen LogP contribution in [-0.4, -0.2) is 34.6 Å². The zero-order chi connectivity index (χ0) is 22.5. The van der Waals surface area contributed by atoms with Gasteiger partial charge in [-0.15, -0.1) is 0 Å². The van der Waals surface area contributed by atoms with Crippen molar-refractivity contribution < 1.29 is 18.5 Å². The van der Waals surface area contributed by atoms with Crippen LogP contribution >= 0.6 is 0 Å². The molecular formula is C24H28F2N4O2. The van der Waals surface area contributed by atoms with Crippen LogP contribution in [0.5, 0.6) is 0 Å². The highest BCUT2D eigenvalue weighted by atomic mass is 19.3. The first-order valence-corrected chi connectivity index (χ1v) is 11.2. The van der Waals surface area contributed by atoms with Gasteiger partial charge >= 0.3 is 0 Å². The van der Waals surface area contributed by atoms with Crippen molar-refractivity contribution in [1.82, 2.24) is 9.97 Å². The molecule has 2 aliphatic carbocycles. The molecule has 2 heterocycles. The number of oxime groups is 2. The van der Waals surface area contributed by atoms with Crippen LogP contribution in [0.15, 0.2) is 28.5 Å². The summed E-state index contributed by atoms with van der Waals surface area (Å²) < 4.78 is 26.8. The Labute approximate surface area is 186 Å². The average Bonchev–Trinajstić information content (AvgIpc) is 2.78. The second kappa shape index (κ2) is 10.1. The molecule has 2 aromatic rings. The first kappa shape index (κ1) is 22.3. The maximum absolute atomic E-state index is 13.4. The van der Waals surface area contributed by atoms with Gasteiger partial charge in [0.15, 0.2) is 0 Å². The van der Waals surface area contributed by atoms with Gasteiger partial charge in [-0.05, 0) is 75.6 Å². The number of hydrogen-bond acceptors (Lipinski definition) is 6. The molecule has 6 nitrogen and oxygen atoms in total. The molecule has 0 fully saturated rings. The quantitative estimate of drug-likeness (QED) is 0.435. The molecule has 2 aromatic heterocycles. The fraction of sp³-hybridized carbons (Fsp3) is 0.500. The van der Waals surface area contributed by atoms with E-state index in [0.29, 0.717) is 55.1 Å². The van der Waals surface area contributed by atoms with Crippen LogP contribution in [0, 0.1) is 13.8 Å². The fourth-order valence-corrected chi connectivity index (χ4v) is 4.19. The molecule has 170 valence electrons. The molecule has 0 spiro atoms. The average molecular weight is 443 g/mol. The Morgan fingerprint density at radius 1 is 0.875 bits per heavy atom. The van der Waals surface area contributed by atoms with Gasteiger partial charge in [-0.2, -0.15) is 0 Å². The lowest BCUT2D eigenvalue weighted by Gasteiger charge is -2.20. The van der Waals surface area contributed by atoms with Gasteiger partial charge in [0.25, 0.3) is 6.43 Å². The van der Waals surface area contributed by atoms with Crippen LogP contribution in [0.1, 0.15) is 78.0 Å². The number of halogens is 2. The molecule has 0 bridgehead atoms. The maximum Gasteiger partial charge on any atom is 0.264 e. The zero-order valence-corrected chi connectivity index (χ0v) is 18.5. The summed E-state index contributed by atoms with van der Waals surface area (Å²) in [5.74, 6) is 0. The molecule has 0 radical (unpaired) electrons. The van der Waals surface area contributed by atoms with Gasteiger partial charge in [0, 0.05) is 23.4 Å². The van der Waals surface area contributed by atoms with E-state index in [1.54, 1.807) is 6.92 Å². The summed E-state index contributed by atoms with van der Waals surface area (Å²) in [6.45, 7) is 4.45. The van der Waals surface area contributed by atoms with Crippen molar-refractivity contribution in [2.24, 2.45) is 10.3 Å². The lowest BCUT2D eigenvalue weighted by molar-refractivity contribution is 0.0894. The number of aromatic nitrogens is 2. The Morgan fingerprint density at radius 3 is 2.25 bits per heavy atom. The monoisotopic (exact) mass is 442 g/mol. The molecule has 0 amide bonds. The highest BCUT2D eigenvalue weighted by Gasteiger charge is 2.25. The van der Waals surface area contributed by atoms with Crippen LogP contribution in [0.3, 0.4) is 0 Å². The van der Waals surface area contributed by atoms with E-state index in [4.69, 9.17) is 9.68 Å². The standard InChI is InChI=1S/C24H28F2N4O2/c1-15-10-11-17-6-3-8-20(22(17)27-15)29-31-12-5-13-32-30-21-9-4-7-18-19(24(25)26)14-16(2)28-23(18)21/h10-11,14,24H,3-9,12-13H2,1-2H3/b29-20+,30-21+. The van der Waals surface area contributed by atoms with E-state index in [1.165, 1.54) is 11.6 Å². The Bertz CT molecular complexity index is 1040. The van der Waals surface area contributed by atoms with E-state index in [-0.39, 0.29) is 5.56 Å². The topological polar surface area (TPSA) is 69.0 Å². The van der Waals surface area contributed by atoms with Gasteiger partial charge in [0.05, 0.1) is 11.4 Å². The van der Waals surface area contributed by atoms with E-state index < -0.39 is 6.43 Å². The molecule has 2 aliphatic rings. The first-order chi connectivity index (χ1) is 15.5. The van der Waals surface area contributed by atoms with Crippen molar-refractivity contribution in [3.05, 3.63) is 57.7 Å². The van der Waals surface area contributed by atoms with E-state index in [0.717, 1.165) is 42.8 Å². The summed E-state index contributed by atoms with van der Waals surface area (Å²) in [7, 11) is 0. The lowest BCUT2D eigenvalue weighted by Crippen LogP contribution is -2.18. The van der Waals surface area contributed by atoms with Crippen LogP contribution in [0.4, 0.5) is 8.78 Å². The SMILES string of the molecule is Cc1ccc2c(n1)/C(=N/OCCCO/N=C1\CCCc3c(C(F)F)cc(C)nc31)CCC2. The number of fused-ring (bicyclic) bond motifs is 2. The van der Waals surface area contributed by atoms with Gasteiger partial charge < -0.3 is 9.68 Å². The van der Waals surface area contributed by atoms with Gasteiger partial charge in [0.1, 0.15) is 24.6 Å². The third-order valence-corrected chi connectivity index (χ3v) is 5.71. The Balaban J connectivity index is 1.30. The minimum absolute atomic E-state index is 0.0568. The van der Waals surface area contributed by atoms with Crippen molar-refractivity contribution in [3.63, 3.8) is 0 Å². The molecule has 0 atom stereocenters. The minimum atomic E-state index is -2.51. The molecule has 0 saturated heterocycles. The summed E-state index contributed by atoms with van der Waals surface area (Å²) in [6.07, 6.45) is 3.04. The molecule has 0 saturated carbocycles.